The van der Waals surface area contributed by atoms with Crippen LogP contribution in [0.5, 0.6) is 0 Å². The Morgan fingerprint density at radius 1 is 1.18 bits per heavy atom. The molecule has 0 spiro atoms. The molecule has 7 heteroatoms. The predicted octanol–water partition coefficient (Wildman–Crippen LogP) is -0.764. The van der Waals surface area contributed by atoms with E-state index in [9.17, 15) is 9.59 Å². The van der Waals surface area contributed by atoms with Gasteiger partial charge in [0.15, 0.2) is 0 Å². The molecular formula is C10H20N2O5. The summed E-state index contributed by atoms with van der Waals surface area (Å²) in [5.74, 6) is -1.01. The lowest BCUT2D eigenvalue weighted by Crippen LogP contribution is -2.52. The highest BCUT2D eigenvalue weighted by Gasteiger charge is 2.26. The van der Waals surface area contributed by atoms with Crippen LogP contribution in [0.1, 0.15) is 20.3 Å². The van der Waals surface area contributed by atoms with E-state index in [4.69, 9.17) is 15.3 Å². The number of carbonyl (C=O) groups excluding carboxylic acids is 1. The van der Waals surface area contributed by atoms with Gasteiger partial charge in [0.1, 0.15) is 0 Å². The molecule has 4 N–H and O–H groups in total. The molecule has 100 valence electrons. The van der Waals surface area contributed by atoms with Crippen molar-refractivity contribution in [2.24, 2.45) is 0 Å². The van der Waals surface area contributed by atoms with Crippen LogP contribution >= 0.6 is 0 Å². The third kappa shape index (κ3) is 6.75. The smallest absolute Gasteiger partial charge is 0.317 e. The number of amides is 2. The van der Waals surface area contributed by atoms with E-state index in [-0.39, 0.29) is 32.7 Å². The standard InChI is InChI=1S/C10H20N2O5/c1-10(2,7-8(15)16)11-9(17)12(3-5-13)4-6-14/h13-14H,3-7H2,1-2H3,(H,11,17)(H,15,16). The Morgan fingerprint density at radius 2 is 1.65 bits per heavy atom. The van der Waals surface area contributed by atoms with Crippen LogP contribution in [0.4, 0.5) is 4.79 Å². The number of aliphatic carboxylic acids is 1. The molecule has 0 radical (unpaired) electrons. The van der Waals surface area contributed by atoms with Crippen LogP contribution in [-0.4, -0.2) is 64.1 Å². The first-order valence-electron chi connectivity index (χ1n) is 5.33. The molecule has 0 heterocycles. The average Bonchev–Trinajstić information content (AvgIpc) is 2.14. The van der Waals surface area contributed by atoms with E-state index in [1.165, 1.54) is 4.90 Å². The maximum absolute atomic E-state index is 11.7. The van der Waals surface area contributed by atoms with Crippen LogP contribution in [0.2, 0.25) is 0 Å². The van der Waals surface area contributed by atoms with Crippen molar-refractivity contribution in [2.45, 2.75) is 25.8 Å². The van der Waals surface area contributed by atoms with Crippen molar-refractivity contribution in [1.82, 2.24) is 10.2 Å². The second kappa shape index (κ2) is 7.08. The number of carboxylic acids is 1. The Morgan fingerprint density at radius 3 is 2.00 bits per heavy atom. The van der Waals surface area contributed by atoms with Gasteiger partial charge in [-0.05, 0) is 13.8 Å². The molecule has 0 saturated heterocycles. The van der Waals surface area contributed by atoms with Crippen LogP contribution in [0.3, 0.4) is 0 Å². The van der Waals surface area contributed by atoms with Crippen LogP contribution in [0.15, 0.2) is 0 Å². The van der Waals surface area contributed by atoms with Gasteiger partial charge in [-0.25, -0.2) is 4.79 Å². The number of aliphatic hydroxyl groups is 2. The second-order valence-corrected chi connectivity index (χ2v) is 4.32. The third-order valence-electron chi connectivity index (χ3n) is 2.07. The summed E-state index contributed by atoms with van der Waals surface area (Å²) in [4.78, 5) is 23.5. The molecule has 7 nitrogen and oxygen atoms in total. The van der Waals surface area contributed by atoms with Gasteiger partial charge in [-0.3, -0.25) is 4.79 Å². The molecule has 0 aliphatic carbocycles. The highest BCUT2D eigenvalue weighted by molar-refractivity contribution is 5.76. The van der Waals surface area contributed by atoms with Crippen LogP contribution in [0.25, 0.3) is 0 Å². The summed E-state index contributed by atoms with van der Waals surface area (Å²) >= 11 is 0. The minimum atomic E-state index is -1.01. The number of carboxylic acid groups (broad SMARTS) is 1. The molecule has 0 unspecified atom stereocenters. The van der Waals surface area contributed by atoms with E-state index < -0.39 is 17.5 Å². The number of nitrogens with one attached hydrogen (secondary N) is 1. The van der Waals surface area contributed by atoms with Gasteiger partial charge in [-0.2, -0.15) is 0 Å². The zero-order chi connectivity index (χ0) is 13.5. The summed E-state index contributed by atoms with van der Waals surface area (Å²) < 4.78 is 0. The van der Waals surface area contributed by atoms with E-state index in [2.05, 4.69) is 5.32 Å². The molecule has 0 saturated carbocycles. The highest BCUT2D eigenvalue weighted by Crippen LogP contribution is 2.08. The molecule has 0 atom stereocenters. The summed E-state index contributed by atoms with van der Waals surface area (Å²) in [6.07, 6.45) is -0.204. The van der Waals surface area contributed by atoms with E-state index in [0.717, 1.165) is 0 Å². The van der Waals surface area contributed by atoms with E-state index >= 15 is 0 Å². The molecule has 0 bridgehead atoms. The molecule has 0 aromatic rings. The van der Waals surface area contributed by atoms with Crippen LogP contribution in [0, 0.1) is 0 Å². The van der Waals surface area contributed by atoms with E-state index in [1.807, 2.05) is 0 Å². The fourth-order valence-corrected chi connectivity index (χ4v) is 1.35. The Balaban J connectivity index is 4.41. The molecular weight excluding hydrogens is 228 g/mol. The van der Waals surface area contributed by atoms with Gasteiger partial charge in [-0.15, -0.1) is 0 Å². The van der Waals surface area contributed by atoms with E-state index in [1.54, 1.807) is 13.8 Å². The third-order valence-corrected chi connectivity index (χ3v) is 2.07. The number of hydrogen-bond donors (Lipinski definition) is 4. The summed E-state index contributed by atoms with van der Waals surface area (Å²) in [5.41, 5.74) is -0.883. The van der Waals surface area contributed by atoms with Gasteiger partial charge >= 0.3 is 12.0 Å². The minimum Gasteiger partial charge on any atom is -0.481 e. The first-order valence-corrected chi connectivity index (χ1v) is 5.33. The van der Waals surface area contributed by atoms with Gasteiger partial charge in [0.25, 0.3) is 0 Å². The predicted molar refractivity (Wildman–Crippen MR) is 60.6 cm³/mol. The first kappa shape index (κ1) is 15.7. The topological polar surface area (TPSA) is 110 Å². The molecule has 0 aromatic heterocycles. The maximum atomic E-state index is 11.7. The fraction of sp³-hybridized carbons (Fsp3) is 0.800. The molecule has 17 heavy (non-hydrogen) atoms. The number of urea groups is 1. The Kier molecular flexibility index (Phi) is 6.52. The van der Waals surface area contributed by atoms with E-state index in [0.29, 0.717) is 0 Å². The quantitative estimate of drug-likeness (QED) is 0.473. The van der Waals surface area contributed by atoms with Gasteiger partial charge < -0.3 is 25.5 Å². The lowest BCUT2D eigenvalue weighted by Gasteiger charge is -2.29. The summed E-state index contributed by atoms with van der Waals surface area (Å²) in [7, 11) is 0. The molecule has 0 rings (SSSR count). The van der Waals surface area contributed by atoms with Crippen molar-refractivity contribution >= 4 is 12.0 Å². The Labute approximate surface area is 100 Å². The lowest BCUT2D eigenvalue weighted by molar-refractivity contribution is -0.138. The molecule has 2 amide bonds. The molecule has 0 aliphatic heterocycles. The molecule has 0 aromatic carbocycles. The zero-order valence-electron chi connectivity index (χ0n) is 10.1. The summed E-state index contributed by atoms with van der Waals surface area (Å²) in [6.45, 7) is 2.94. The summed E-state index contributed by atoms with van der Waals surface area (Å²) in [5, 5.41) is 28.7. The Bertz CT molecular complexity index is 261. The maximum Gasteiger partial charge on any atom is 0.317 e. The molecule has 0 aliphatic rings. The van der Waals surface area contributed by atoms with Crippen molar-refractivity contribution in [3.05, 3.63) is 0 Å². The monoisotopic (exact) mass is 248 g/mol. The van der Waals surface area contributed by atoms with Crippen molar-refractivity contribution < 1.29 is 24.9 Å². The fourth-order valence-electron chi connectivity index (χ4n) is 1.35. The van der Waals surface area contributed by atoms with Gasteiger partial charge in [-0.1, -0.05) is 0 Å². The minimum absolute atomic E-state index is 0.0928. The number of carbonyl (C=O) groups is 2. The second-order valence-electron chi connectivity index (χ2n) is 4.32. The van der Waals surface area contributed by atoms with Crippen LogP contribution < -0.4 is 5.32 Å². The average molecular weight is 248 g/mol. The largest absolute Gasteiger partial charge is 0.481 e. The van der Waals surface area contributed by atoms with Crippen molar-refractivity contribution in [2.75, 3.05) is 26.3 Å². The van der Waals surface area contributed by atoms with Crippen molar-refractivity contribution in [3.8, 4) is 0 Å². The normalized spacial score (nSPS) is 11.1. The van der Waals surface area contributed by atoms with Gasteiger partial charge in [0.2, 0.25) is 0 Å². The van der Waals surface area contributed by atoms with Crippen molar-refractivity contribution in [3.63, 3.8) is 0 Å². The van der Waals surface area contributed by atoms with Gasteiger partial charge in [0, 0.05) is 18.6 Å². The van der Waals surface area contributed by atoms with Crippen molar-refractivity contribution in [1.29, 1.82) is 0 Å². The lowest BCUT2D eigenvalue weighted by atomic mass is 10.0. The summed E-state index contributed by atoms with van der Waals surface area (Å²) in [6, 6.07) is -0.501. The Hall–Kier alpha value is -1.34. The SMILES string of the molecule is CC(C)(CC(=O)O)NC(=O)N(CCO)CCO. The first-order chi connectivity index (χ1) is 7.82. The number of nitrogens with zero attached hydrogens (tertiary/aromatic N) is 1. The zero-order valence-corrected chi connectivity index (χ0v) is 10.1. The number of aliphatic hydroxyl groups excluding tert-OH is 2. The number of hydrogen-bond acceptors (Lipinski definition) is 4. The number of rotatable bonds is 7. The molecule has 0 fully saturated rings. The highest BCUT2D eigenvalue weighted by atomic mass is 16.4. The van der Waals surface area contributed by atoms with Crippen LogP contribution in [-0.2, 0) is 4.79 Å². The van der Waals surface area contributed by atoms with Gasteiger partial charge in [0.05, 0.1) is 19.6 Å².